The van der Waals surface area contributed by atoms with Crippen LogP contribution in [0.25, 0.3) is 0 Å². The summed E-state index contributed by atoms with van der Waals surface area (Å²) >= 11 is 0. The van der Waals surface area contributed by atoms with Crippen LogP contribution in [0.3, 0.4) is 0 Å². The number of amides is 1. The zero-order chi connectivity index (χ0) is 20.9. The van der Waals surface area contributed by atoms with E-state index in [0.717, 1.165) is 15.4 Å². The molecule has 3 rings (SSSR count). The number of nitrogens with one attached hydrogen (secondary N) is 1. The van der Waals surface area contributed by atoms with Crippen molar-refractivity contribution in [2.45, 2.75) is 17.2 Å². The Morgan fingerprint density at radius 1 is 0.862 bits per heavy atom. The fourth-order valence-electron chi connectivity index (χ4n) is 3.14. The van der Waals surface area contributed by atoms with E-state index in [9.17, 15) is 13.2 Å². The van der Waals surface area contributed by atoms with Gasteiger partial charge in [0.25, 0.3) is 0 Å². The summed E-state index contributed by atoms with van der Waals surface area (Å²) < 4.78 is 25.8. The molecule has 1 amide bonds. The van der Waals surface area contributed by atoms with Gasteiger partial charge < -0.3 is 5.32 Å². The molecule has 0 bridgehead atoms. The highest BCUT2D eigenvalue weighted by atomic mass is 32.2. The number of rotatable bonds is 7. The smallest absolute Gasteiger partial charge is 0.242 e. The molecule has 0 fully saturated rings. The minimum atomic E-state index is -3.56. The van der Waals surface area contributed by atoms with E-state index < -0.39 is 10.0 Å². The Labute approximate surface area is 172 Å². The van der Waals surface area contributed by atoms with Gasteiger partial charge in [-0.2, -0.15) is 0 Å². The molecule has 6 heteroatoms. The molecular formula is C23H24N2O3S. The van der Waals surface area contributed by atoms with Crippen LogP contribution in [-0.2, 0) is 14.8 Å². The lowest BCUT2D eigenvalue weighted by Crippen LogP contribution is -2.22. The summed E-state index contributed by atoms with van der Waals surface area (Å²) in [5, 5.41) is 2.84. The van der Waals surface area contributed by atoms with Crippen LogP contribution in [0.5, 0.6) is 0 Å². The van der Waals surface area contributed by atoms with Crippen LogP contribution in [0, 0.1) is 0 Å². The first-order valence-electron chi connectivity index (χ1n) is 9.30. The van der Waals surface area contributed by atoms with Gasteiger partial charge in [0, 0.05) is 32.1 Å². The van der Waals surface area contributed by atoms with Gasteiger partial charge in [0.05, 0.1) is 4.90 Å². The van der Waals surface area contributed by atoms with Gasteiger partial charge in [0.15, 0.2) is 0 Å². The van der Waals surface area contributed by atoms with E-state index in [1.54, 1.807) is 12.1 Å². The maximum absolute atomic E-state index is 12.8. The third kappa shape index (κ3) is 5.10. The predicted molar refractivity (Wildman–Crippen MR) is 115 cm³/mol. The number of sulfonamides is 1. The van der Waals surface area contributed by atoms with Crippen molar-refractivity contribution in [3.05, 3.63) is 96.1 Å². The topological polar surface area (TPSA) is 66.5 Å². The van der Waals surface area contributed by atoms with Gasteiger partial charge in [-0.3, -0.25) is 4.79 Å². The maximum atomic E-state index is 12.8. The molecule has 0 radical (unpaired) electrons. The molecule has 0 unspecified atom stereocenters. The number of hydrogen-bond donors (Lipinski definition) is 1. The summed E-state index contributed by atoms with van der Waals surface area (Å²) in [5.41, 5.74) is 2.56. The third-order valence-corrected chi connectivity index (χ3v) is 6.50. The quantitative estimate of drug-likeness (QED) is 0.640. The first kappa shape index (κ1) is 20.8. The molecule has 150 valence electrons. The summed E-state index contributed by atoms with van der Waals surface area (Å²) in [6.45, 7) is 0. The number of nitrogens with zero attached hydrogens (tertiary/aromatic N) is 1. The highest BCUT2D eigenvalue weighted by Gasteiger charge is 2.20. The number of carbonyl (C=O) groups is 1. The molecule has 3 aromatic rings. The van der Waals surface area contributed by atoms with Crippen molar-refractivity contribution in [3.63, 3.8) is 0 Å². The molecule has 0 saturated heterocycles. The second-order valence-electron chi connectivity index (χ2n) is 6.94. The number of anilines is 1. The SMILES string of the molecule is CN(C)S(=O)(=O)c1cccc(NC(=O)CC(c2ccccc2)c2ccccc2)c1. The Bertz CT molecular complexity index is 1030. The predicted octanol–water partition coefficient (Wildman–Crippen LogP) is 4.10. The number of carbonyl (C=O) groups excluding carboxylic acids is 1. The summed E-state index contributed by atoms with van der Waals surface area (Å²) in [6, 6.07) is 26.1. The van der Waals surface area contributed by atoms with E-state index in [1.165, 1.54) is 26.2 Å². The average Bonchev–Trinajstić information content (AvgIpc) is 2.73. The summed E-state index contributed by atoms with van der Waals surface area (Å²) in [5.74, 6) is -0.270. The Morgan fingerprint density at radius 3 is 1.93 bits per heavy atom. The lowest BCUT2D eigenvalue weighted by atomic mass is 9.88. The van der Waals surface area contributed by atoms with Crippen LogP contribution in [0.15, 0.2) is 89.8 Å². The molecule has 0 aliphatic heterocycles. The molecule has 0 heterocycles. The molecule has 0 spiro atoms. The van der Waals surface area contributed by atoms with Gasteiger partial charge in [0.1, 0.15) is 0 Å². The van der Waals surface area contributed by atoms with Crippen molar-refractivity contribution in [3.8, 4) is 0 Å². The fourth-order valence-corrected chi connectivity index (χ4v) is 4.09. The Kier molecular flexibility index (Phi) is 6.46. The number of benzene rings is 3. The second-order valence-corrected chi connectivity index (χ2v) is 9.09. The molecule has 5 nitrogen and oxygen atoms in total. The van der Waals surface area contributed by atoms with Gasteiger partial charge in [-0.25, -0.2) is 12.7 Å². The molecule has 0 saturated carbocycles. The Morgan fingerprint density at radius 2 is 1.41 bits per heavy atom. The highest BCUT2D eigenvalue weighted by molar-refractivity contribution is 7.89. The lowest BCUT2D eigenvalue weighted by molar-refractivity contribution is -0.116. The highest BCUT2D eigenvalue weighted by Crippen LogP contribution is 2.28. The van der Waals surface area contributed by atoms with Crippen molar-refractivity contribution in [2.75, 3.05) is 19.4 Å². The van der Waals surface area contributed by atoms with E-state index in [0.29, 0.717) is 5.69 Å². The van der Waals surface area contributed by atoms with Crippen LogP contribution in [-0.4, -0.2) is 32.7 Å². The lowest BCUT2D eigenvalue weighted by Gasteiger charge is -2.18. The molecule has 0 aliphatic carbocycles. The van der Waals surface area contributed by atoms with Crippen molar-refractivity contribution in [2.24, 2.45) is 0 Å². The van der Waals surface area contributed by atoms with E-state index in [2.05, 4.69) is 5.32 Å². The average molecular weight is 409 g/mol. The minimum absolute atomic E-state index is 0.0916. The van der Waals surface area contributed by atoms with E-state index in [-0.39, 0.29) is 23.1 Å². The monoisotopic (exact) mass is 408 g/mol. The molecule has 0 atom stereocenters. The third-order valence-electron chi connectivity index (χ3n) is 4.69. The molecular weight excluding hydrogens is 384 g/mol. The first-order chi connectivity index (χ1) is 13.9. The molecule has 29 heavy (non-hydrogen) atoms. The molecule has 3 aromatic carbocycles. The standard InChI is InChI=1S/C23H24N2O3S/c1-25(2)29(27,28)21-15-9-14-20(16-21)24-23(26)17-22(18-10-5-3-6-11-18)19-12-7-4-8-13-19/h3-16,22H,17H2,1-2H3,(H,24,26). The van der Waals surface area contributed by atoms with Crippen LogP contribution >= 0.6 is 0 Å². The van der Waals surface area contributed by atoms with E-state index in [4.69, 9.17) is 0 Å². The summed E-state index contributed by atoms with van der Waals surface area (Å²) in [4.78, 5) is 12.9. The molecule has 0 aliphatic rings. The van der Waals surface area contributed by atoms with Crippen LogP contribution in [0.1, 0.15) is 23.5 Å². The zero-order valence-corrected chi connectivity index (χ0v) is 17.3. The van der Waals surface area contributed by atoms with Gasteiger partial charge >= 0.3 is 0 Å². The van der Waals surface area contributed by atoms with Crippen molar-refractivity contribution >= 4 is 21.6 Å². The normalized spacial score (nSPS) is 11.6. The van der Waals surface area contributed by atoms with E-state index in [1.807, 2.05) is 60.7 Å². The number of hydrogen-bond acceptors (Lipinski definition) is 3. The van der Waals surface area contributed by atoms with Crippen LogP contribution in [0.4, 0.5) is 5.69 Å². The maximum Gasteiger partial charge on any atom is 0.242 e. The van der Waals surface area contributed by atoms with Crippen molar-refractivity contribution in [1.82, 2.24) is 4.31 Å². The van der Waals surface area contributed by atoms with Gasteiger partial charge in [-0.15, -0.1) is 0 Å². The van der Waals surface area contributed by atoms with Gasteiger partial charge in [0.2, 0.25) is 15.9 Å². The van der Waals surface area contributed by atoms with Crippen LogP contribution in [0.2, 0.25) is 0 Å². The largest absolute Gasteiger partial charge is 0.326 e. The molecule has 1 N–H and O–H groups in total. The van der Waals surface area contributed by atoms with Crippen LogP contribution < -0.4 is 5.32 Å². The second kappa shape index (κ2) is 9.03. The van der Waals surface area contributed by atoms with Crippen molar-refractivity contribution in [1.29, 1.82) is 0 Å². The van der Waals surface area contributed by atoms with Gasteiger partial charge in [-0.05, 0) is 29.3 Å². The Balaban J connectivity index is 1.81. The zero-order valence-electron chi connectivity index (χ0n) is 16.4. The van der Waals surface area contributed by atoms with Crippen molar-refractivity contribution < 1.29 is 13.2 Å². The van der Waals surface area contributed by atoms with E-state index >= 15 is 0 Å². The molecule has 0 aromatic heterocycles. The fraction of sp³-hybridized carbons (Fsp3) is 0.174. The summed E-state index contributed by atoms with van der Waals surface area (Å²) in [6.07, 6.45) is 0.249. The summed E-state index contributed by atoms with van der Waals surface area (Å²) in [7, 11) is -0.608. The minimum Gasteiger partial charge on any atom is -0.326 e. The van der Waals surface area contributed by atoms with Gasteiger partial charge in [-0.1, -0.05) is 66.7 Å². The first-order valence-corrected chi connectivity index (χ1v) is 10.7. The Hall–Kier alpha value is -2.96.